The van der Waals surface area contributed by atoms with Crippen molar-refractivity contribution in [3.05, 3.63) is 35.5 Å². The van der Waals surface area contributed by atoms with Crippen molar-refractivity contribution in [2.24, 2.45) is 13.0 Å². The molecule has 0 spiro atoms. The Labute approximate surface area is 128 Å². The fourth-order valence-electron chi connectivity index (χ4n) is 3.91. The van der Waals surface area contributed by atoms with Crippen molar-refractivity contribution in [3.63, 3.8) is 0 Å². The molecular weight excluding hydrogens is 256 g/mol. The van der Waals surface area contributed by atoms with E-state index >= 15 is 0 Å². The maximum Gasteiger partial charge on any atom is 0.0483 e. The zero-order chi connectivity index (χ0) is 14.7. The minimum Gasteiger partial charge on any atom is -0.346 e. The number of nitrogens with one attached hydrogen (secondary N) is 1. The van der Waals surface area contributed by atoms with Crippen LogP contribution in [0.4, 0.5) is 0 Å². The summed E-state index contributed by atoms with van der Waals surface area (Å²) in [6, 6.07) is 8.70. The van der Waals surface area contributed by atoms with Gasteiger partial charge in [-0.3, -0.25) is 0 Å². The van der Waals surface area contributed by atoms with Crippen LogP contribution in [0.15, 0.2) is 24.3 Å². The first kappa shape index (κ1) is 14.6. The van der Waals surface area contributed by atoms with E-state index in [0.29, 0.717) is 0 Å². The number of aromatic nitrogens is 1. The fraction of sp³-hybridized carbons (Fsp3) is 0.579. The summed E-state index contributed by atoms with van der Waals surface area (Å²) in [4.78, 5) is 0. The summed E-state index contributed by atoms with van der Waals surface area (Å²) in [7, 11) is 2.19. The molecule has 1 aliphatic carbocycles. The molecule has 0 radical (unpaired) electrons. The van der Waals surface area contributed by atoms with E-state index in [1.807, 2.05) is 0 Å². The first-order valence-electron chi connectivity index (χ1n) is 8.51. The van der Waals surface area contributed by atoms with Crippen molar-refractivity contribution < 1.29 is 0 Å². The fourth-order valence-corrected chi connectivity index (χ4v) is 3.91. The number of fused-ring (bicyclic) bond motifs is 1. The predicted molar refractivity (Wildman–Crippen MR) is 90.6 cm³/mol. The predicted octanol–water partition coefficient (Wildman–Crippen LogP) is 4.55. The first-order chi connectivity index (χ1) is 10.3. The topological polar surface area (TPSA) is 17.0 Å². The molecule has 3 rings (SSSR count). The molecule has 1 aromatic heterocycles. The molecule has 21 heavy (non-hydrogen) atoms. The Morgan fingerprint density at radius 3 is 2.71 bits per heavy atom. The number of hydrogen-bond acceptors (Lipinski definition) is 1. The molecule has 1 aromatic carbocycles. The van der Waals surface area contributed by atoms with Gasteiger partial charge in [-0.05, 0) is 43.9 Å². The molecule has 0 amide bonds. The minimum atomic E-state index is 0.988. The molecule has 0 saturated heterocycles. The second kappa shape index (κ2) is 6.65. The van der Waals surface area contributed by atoms with E-state index in [4.69, 9.17) is 0 Å². The molecule has 0 bridgehead atoms. The Morgan fingerprint density at radius 1 is 1.19 bits per heavy atom. The number of para-hydroxylation sites is 1. The zero-order valence-corrected chi connectivity index (χ0v) is 13.5. The Balaban J connectivity index is 1.53. The van der Waals surface area contributed by atoms with Crippen LogP contribution in [-0.4, -0.2) is 11.1 Å². The third-order valence-corrected chi connectivity index (χ3v) is 5.24. The highest BCUT2D eigenvalue weighted by atomic mass is 15.0. The van der Waals surface area contributed by atoms with Gasteiger partial charge in [0.05, 0.1) is 0 Å². The summed E-state index contributed by atoms with van der Waals surface area (Å²) in [6.07, 6.45) is 8.62. The van der Waals surface area contributed by atoms with E-state index in [2.05, 4.69) is 48.1 Å². The van der Waals surface area contributed by atoms with E-state index < -0.39 is 0 Å². The standard InChI is InChI=1S/C19H28N2/c1-15-17-11-5-6-12-18(17)21(2)19(15)14-20-13-7-10-16-8-3-4-9-16/h5-6,11-12,16,20H,3-4,7-10,13-14H2,1-2H3. The van der Waals surface area contributed by atoms with E-state index in [0.717, 1.165) is 19.0 Å². The van der Waals surface area contributed by atoms with Crippen LogP contribution in [0.25, 0.3) is 10.9 Å². The van der Waals surface area contributed by atoms with Crippen LogP contribution in [0.3, 0.4) is 0 Å². The second-order valence-corrected chi connectivity index (χ2v) is 6.62. The number of benzene rings is 1. The van der Waals surface area contributed by atoms with Gasteiger partial charge in [-0.15, -0.1) is 0 Å². The number of nitrogens with zero attached hydrogens (tertiary/aromatic N) is 1. The van der Waals surface area contributed by atoms with Crippen molar-refractivity contribution in [2.45, 2.75) is 52.0 Å². The smallest absolute Gasteiger partial charge is 0.0483 e. The average molecular weight is 284 g/mol. The molecule has 0 aliphatic heterocycles. The molecule has 1 N–H and O–H groups in total. The van der Waals surface area contributed by atoms with Crippen LogP contribution >= 0.6 is 0 Å². The summed E-state index contributed by atoms with van der Waals surface area (Å²) in [5.41, 5.74) is 4.20. The Bertz CT molecular complexity index is 552. The van der Waals surface area contributed by atoms with Gasteiger partial charge in [0.1, 0.15) is 0 Å². The summed E-state index contributed by atoms with van der Waals surface area (Å²) in [6.45, 7) is 4.39. The van der Waals surface area contributed by atoms with Gasteiger partial charge in [0.15, 0.2) is 0 Å². The lowest BCUT2D eigenvalue weighted by atomic mass is 10.0. The van der Waals surface area contributed by atoms with Gasteiger partial charge in [-0.25, -0.2) is 0 Å². The lowest BCUT2D eigenvalue weighted by Crippen LogP contribution is -2.18. The molecule has 0 atom stereocenters. The molecule has 1 saturated carbocycles. The SMILES string of the molecule is Cc1c(CNCCCC2CCCC2)n(C)c2ccccc12. The first-order valence-corrected chi connectivity index (χ1v) is 8.51. The highest BCUT2D eigenvalue weighted by Gasteiger charge is 2.14. The lowest BCUT2D eigenvalue weighted by molar-refractivity contribution is 0.469. The van der Waals surface area contributed by atoms with Crippen LogP contribution in [0.5, 0.6) is 0 Å². The summed E-state index contributed by atoms with van der Waals surface area (Å²) < 4.78 is 2.34. The molecule has 2 heteroatoms. The van der Waals surface area contributed by atoms with Gasteiger partial charge in [-0.1, -0.05) is 43.9 Å². The maximum absolute atomic E-state index is 3.65. The normalized spacial score (nSPS) is 16.1. The average Bonchev–Trinajstić information content (AvgIpc) is 3.10. The van der Waals surface area contributed by atoms with Gasteiger partial charge in [0.25, 0.3) is 0 Å². The molecule has 1 aliphatic rings. The summed E-state index contributed by atoms with van der Waals surface area (Å²) in [5.74, 6) is 1.02. The molecular formula is C19H28N2. The largest absolute Gasteiger partial charge is 0.346 e. The number of rotatable bonds is 6. The van der Waals surface area contributed by atoms with Crippen LogP contribution < -0.4 is 5.32 Å². The van der Waals surface area contributed by atoms with Gasteiger partial charge in [0, 0.05) is 30.2 Å². The van der Waals surface area contributed by atoms with Crippen LogP contribution in [0, 0.1) is 12.8 Å². The van der Waals surface area contributed by atoms with Gasteiger partial charge in [0.2, 0.25) is 0 Å². The second-order valence-electron chi connectivity index (χ2n) is 6.62. The highest BCUT2D eigenvalue weighted by molar-refractivity contribution is 5.85. The van der Waals surface area contributed by atoms with Crippen molar-refractivity contribution in [2.75, 3.05) is 6.54 Å². The van der Waals surface area contributed by atoms with Crippen molar-refractivity contribution in [1.29, 1.82) is 0 Å². The molecule has 2 aromatic rings. The van der Waals surface area contributed by atoms with Crippen LogP contribution in [0.1, 0.15) is 49.8 Å². The van der Waals surface area contributed by atoms with Gasteiger partial charge < -0.3 is 9.88 Å². The molecule has 2 nitrogen and oxygen atoms in total. The van der Waals surface area contributed by atoms with E-state index in [1.54, 1.807) is 0 Å². The monoisotopic (exact) mass is 284 g/mol. The lowest BCUT2D eigenvalue weighted by Gasteiger charge is -2.10. The summed E-state index contributed by atoms with van der Waals surface area (Å²) >= 11 is 0. The van der Waals surface area contributed by atoms with E-state index in [-0.39, 0.29) is 0 Å². The highest BCUT2D eigenvalue weighted by Crippen LogP contribution is 2.28. The maximum atomic E-state index is 3.65. The van der Waals surface area contributed by atoms with Gasteiger partial charge in [-0.2, -0.15) is 0 Å². The van der Waals surface area contributed by atoms with Crippen molar-refractivity contribution in [3.8, 4) is 0 Å². The number of hydrogen-bond donors (Lipinski definition) is 1. The quantitative estimate of drug-likeness (QED) is 0.770. The Kier molecular flexibility index (Phi) is 4.64. The molecule has 114 valence electrons. The molecule has 0 unspecified atom stereocenters. The third-order valence-electron chi connectivity index (χ3n) is 5.24. The molecule has 1 fully saturated rings. The van der Waals surface area contributed by atoms with E-state index in [1.165, 1.54) is 60.7 Å². The van der Waals surface area contributed by atoms with E-state index in [9.17, 15) is 0 Å². The third kappa shape index (κ3) is 3.16. The summed E-state index contributed by atoms with van der Waals surface area (Å²) in [5, 5.41) is 5.04. The van der Waals surface area contributed by atoms with Crippen LogP contribution in [-0.2, 0) is 13.6 Å². The van der Waals surface area contributed by atoms with Gasteiger partial charge >= 0.3 is 0 Å². The zero-order valence-electron chi connectivity index (χ0n) is 13.5. The number of aryl methyl sites for hydroxylation is 2. The Morgan fingerprint density at radius 2 is 1.95 bits per heavy atom. The van der Waals surface area contributed by atoms with Crippen molar-refractivity contribution in [1.82, 2.24) is 9.88 Å². The van der Waals surface area contributed by atoms with Crippen molar-refractivity contribution >= 4 is 10.9 Å². The Hall–Kier alpha value is -1.28. The molecule has 1 heterocycles. The minimum absolute atomic E-state index is 0.988. The van der Waals surface area contributed by atoms with Crippen LogP contribution in [0.2, 0.25) is 0 Å².